The van der Waals surface area contributed by atoms with Gasteiger partial charge in [-0.05, 0) is 53.8 Å². The standard InChI is InChI=1S/C26H25ClF3NO6/c27-20-13-19-18(25(33)34)10-12-35-22(19)14-23(20)36-17-7-5-16(6-8-17)24(32)31-11-9-15-3-1-2-4-21(15)37-26(28,29)30/h1-8,13,18,22,24,31-32H,9-12,14H2,(H,33,34). The Kier molecular flexibility index (Phi) is 8.43. The molecule has 0 saturated carbocycles. The molecule has 0 bridgehead atoms. The summed E-state index contributed by atoms with van der Waals surface area (Å²) >= 11 is 6.37. The van der Waals surface area contributed by atoms with Gasteiger partial charge in [-0.1, -0.05) is 41.9 Å². The van der Waals surface area contributed by atoms with Crippen LogP contribution in [0.1, 0.15) is 30.2 Å². The first kappa shape index (κ1) is 27.0. The minimum Gasteiger partial charge on any atom is -0.481 e. The number of fused-ring (bicyclic) bond motifs is 1. The summed E-state index contributed by atoms with van der Waals surface area (Å²) in [6, 6.07) is 12.4. The van der Waals surface area contributed by atoms with E-state index in [1.165, 1.54) is 18.2 Å². The average Bonchev–Trinajstić information content (AvgIpc) is 2.84. The number of rotatable bonds is 9. The maximum absolute atomic E-state index is 12.6. The van der Waals surface area contributed by atoms with Crippen molar-refractivity contribution in [3.63, 3.8) is 0 Å². The zero-order chi connectivity index (χ0) is 26.6. The molecular formula is C26H25ClF3NO6. The third-order valence-electron chi connectivity index (χ3n) is 6.10. The van der Waals surface area contributed by atoms with Crippen molar-refractivity contribution in [1.82, 2.24) is 5.32 Å². The van der Waals surface area contributed by atoms with E-state index in [-0.39, 0.29) is 18.7 Å². The summed E-state index contributed by atoms with van der Waals surface area (Å²) in [5.74, 6) is -0.900. The van der Waals surface area contributed by atoms with E-state index in [0.717, 1.165) is 0 Å². The molecule has 0 radical (unpaired) electrons. The topological polar surface area (TPSA) is 97.3 Å². The first-order chi connectivity index (χ1) is 17.6. The maximum atomic E-state index is 12.6. The SMILES string of the molecule is O=C(O)C1CCOC2CC(Oc3ccc(C(O)NCCc4ccccc4OC(F)(F)F)cc3)=C(Cl)C=C21. The summed E-state index contributed by atoms with van der Waals surface area (Å²) in [4.78, 5) is 11.5. The second-order valence-corrected chi connectivity index (χ2v) is 9.00. The number of nitrogens with one attached hydrogen (secondary N) is 1. The third kappa shape index (κ3) is 7.04. The molecule has 1 aliphatic carbocycles. The Bertz CT molecular complexity index is 1180. The molecule has 7 nitrogen and oxygen atoms in total. The monoisotopic (exact) mass is 539 g/mol. The van der Waals surface area contributed by atoms with Gasteiger partial charge < -0.3 is 24.4 Å². The summed E-state index contributed by atoms with van der Waals surface area (Å²) in [5, 5.41) is 23.1. The molecule has 1 heterocycles. The first-order valence-corrected chi connectivity index (χ1v) is 12.0. The van der Waals surface area contributed by atoms with Crippen LogP contribution >= 0.6 is 11.6 Å². The average molecular weight is 540 g/mol. The largest absolute Gasteiger partial charge is 0.573 e. The number of ether oxygens (including phenoxy) is 3. The second kappa shape index (κ2) is 11.6. The van der Waals surface area contributed by atoms with Crippen LogP contribution in [-0.2, 0) is 16.0 Å². The highest BCUT2D eigenvalue weighted by molar-refractivity contribution is 6.31. The minimum absolute atomic E-state index is 0.202. The van der Waals surface area contributed by atoms with Gasteiger partial charge in [-0.25, -0.2) is 0 Å². The van der Waals surface area contributed by atoms with E-state index in [2.05, 4.69) is 10.1 Å². The number of carboxylic acid groups (broad SMARTS) is 1. The van der Waals surface area contributed by atoms with Crippen molar-refractivity contribution in [2.75, 3.05) is 13.2 Å². The number of aliphatic carboxylic acids is 1. The van der Waals surface area contributed by atoms with Crippen molar-refractivity contribution in [2.24, 2.45) is 5.92 Å². The summed E-state index contributed by atoms with van der Waals surface area (Å²) in [6.45, 7) is 0.540. The molecule has 198 valence electrons. The molecule has 2 aliphatic rings. The molecule has 3 N–H and O–H groups in total. The molecule has 3 unspecified atom stereocenters. The van der Waals surface area contributed by atoms with Crippen molar-refractivity contribution < 1.29 is 42.4 Å². The molecule has 0 aromatic heterocycles. The van der Waals surface area contributed by atoms with Gasteiger partial charge in [0.2, 0.25) is 0 Å². The van der Waals surface area contributed by atoms with E-state index in [1.54, 1.807) is 36.4 Å². The molecule has 1 aliphatic heterocycles. The molecule has 3 atom stereocenters. The fraction of sp³-hybridized carbons (Fsp3) is 0.346. The zero-order valence-corrected chi connectivity index (χ0v) is 20.3. The van der Waals surface area contributed by atoms with Gasteiger partial charge in [-0.15, -0.1) is 13.2 Å². The van der Waals surface area contributed by atoms with Gasteiger partial charge in [0, 0.05) is 19.6 Å². The highest BCUT2D eigenvalue weighted by atomic mass is 35.5. The normalized spacial score (nSPS) is 20.6. The number of carbonyl (C=O) groups is 1. The lowest BCUT2D eigenvalue weighted by atomic mass is 9.85. The Labute approximate surface area is 216 Å². The van der Waals surface area contributed by atoms with Crippen LogP contribution in [0.5, 0.6) is 11.5 Å². The van der Waals surface area contributed by atoms with Crippen LogP contribution in [0.15, 0.2) is 71.0 Å². The molecule has 37 heavy (non-hydrogen) atoms. The smallest absolute Gasteiger partial charge is 0.481 e. The predicted molar refractivity (Wildman–Crippen MR) is 128 cm³/mol. The minimum atomic E-state index is -4.78. The molecule has 4 rings (SSSR count). The van der Waals surface area contributed by atoms with Gasteiger partial charge in [0.15, 0.2) is 0 Å². The number of halogens is 4. The van der Waals surface area contributed by atoms with Crippen LogP contribution < -0.4 is 14.8 Å². The molecule has 1 fully saturated rings. The van der Waals surface area contributed by atoms with Crippen molar-refractivity contribution in [2.45, 2.75) is 38.0 Å². The van der Waals surface area contributed by atoms with Crippen LogP contribution in [0.4, 0.5) is 13.2 Å². The fourth-order valence-electron chi connectivity index (χ4n) is 4.29. The number of alkyl halides is 3. The second-order valence-electron chi connectivity index (χ2n) is 8.59. The number of allylic oxidation sites excluding steroid dienone is 2. The van der Waals surface area contributed by atoms with Crippen LogP contribution in [0.25, 0.3) is 0 Å². The number of aliphatic hydroxyl groups is 1. The summed E-state index contributed by atoms with van der Waals surface area (Å²) in [5.41, 5.74) is 1.51. The lowest BCUT2D eigenvalue weighted by molar-refractivity contribution is -0.274. The van der Waals surface area contributed by atoms with Gasteiger partial charge >= 0.3 is 12.3 Å². The van der Waals surface area contributed by atoms with E-state index in [9.17, 15) is 28.2 Å². The highest BCUT2D eigenvalue weighted by Crippen LogP contribution is 2.38. The van der Waals surface area contributed by atoms with Gasteiger partial charge in [0.25, 0.3) is 0 Å². The molecule has 0 amide bonds. The molecule has 11 heteroatoms. The number of hydrogen-bond donors (Lipinski definition) is 3. The van der Waals surface area contributed by atoms with E-state index >= 15 is 0 Å². The number of aliphatic hydroxyl groups excluding tert-OH is 1. The van der Waals surface area contributed by atoms with Crippen LogP contribution in [0.2, 0.25) is 0 Å². The number of carboxylic acids is 1. The Hall–Kier alpha value is -3.05. The third-order valence-corrected chi connectivity index (χ3v) is 6.42. The van der Waals surface area contributed by atoms with Crippen molar-refractivity contribution in [3.8, 4) is 11.5 Å². The molecule has 2 aromatic rings. The Morgan fingerprint density at radius 1 is 1.19 bits per heavy atom. The van der Waals surface area contributed by atoms with Crippen LogP contribution in [0.3, 0.4) is 0 Å². The molecule has 0 spiro atoms. The number of hydrogen-bond acceptors (Lipinski definition) is 6. The molecule has 2 aromatic carbocycles. The predicted octanol–water partition coefficient (Wildman–Crippen LogP) is 5.06. The van der Waals surface area contributed by atoms with Gasteiger partial charge in [-0.2, -0.15) is 0 Å². The quantitative estimate of drug-likeness (QED) is 0.383. The molecular weight excluding hydrogens is 515 g/mol. The fourth-order valence-corrected chi connectivity index (χ4v) is 4.53. The summed E-state index contributed by atoms with van der Waals surface area (Å²) in [6.07, 6.45) is -3.75. The van der Waals surface area contributed by atoms with E-state index in [1.807, 2.05) is 0 Å². The van der Waals surface area contributed by atoms with E-state index < -0.39 is 30.6 Å². The van der Waals surface area contributed by atoms with Crippen LogP contribution in [0, 0.1) is 5.92 Å². The lowest BCUT2D eigenvalue weighted by Crippen LogP contribution is -2.35. The van der Waals surface area contributed by atoms with Crippen molar-refractivity contribution >= 4 is 17.6 Å². The Balaban J connectivity index is 1.34. The van der Waals surface area contributed by atoms with Gasteiger partial charge in [0.05, 0.1) is 17.1 Å². The Morgan fingerprint density at radius 2 is 1.92 bits per heavy atom. The zero-order valence-electron chi connectivity index (χ0n) is 19.5. The van der Waals surface area contributed by atoms with Gasteiger partial charge in [0.1, 0.15) is 23.5 Å². The number of para-hydroxylation sites is 1. The van der Waals surface area contributed by atoms with E-state index in [0.29, 0.717) is 52.7 Å². The first-order valence-electron chi connectivity index (χ1n) is 11.6. The maximum Gasteiger partial charge on any atom is 0.573 e. The van der Waals surface area contributed by atoms with E-state index in [4.69, 9.17) is 21.1 Å². The van der Waals surface area contributed by atoms with Crippen molar-refractivity contribution in [3.05, 3.63) is 82.1 Å². The summed E-state index contributed by atoms with van der Waals surface area (Å²) < 4.78 is 53.4. The summed E-state index contributed by atoms with van der Waals surface area (Å²) in [7, 11) is 0. The highest BCUT2D eigenvalue weighted by Gasteiger charge is 2.37. The molecule has 1 saturated heterocycles. The number of benzene rings is 2. The van der Waals surface area contributed by atoms with Crippen LogP contribution in [-0.4, -0.2) is 41.8 Å². The van der Waals surface area contributed by atoms with Gasteiger partial charge in [-0.3, -0.25) is 10.1 Å². The Morgan fingerprint density at radius 3 is 2.62 bits per heavy atom. The van der Waals surface area contributed by atoms with Crippen molar-refractivity contribution in [1.29, 1.82) is 0 Å². The lowest BCUT2D eigenvalue weighted by Gasteiger charge is -2.33.